The smallest absolute Gasteiger partial charge is 0.144 e. The predicted molar refractivity (Wildman–Crippen MR) is 88.7 cm³/mol. The van der Waals surface area contributed by atoms with E-state index in [9.17, 15) is 0 Å². The van der Waals surface area contributed by atoms with Crippen LogP contribution in [0, 0.1) is 3.57 Å². The third-order valence-corrected chi connectivity index (χ3v) is 5.54. The van der Waals surface area contributed by atoms with Crippen molar-refractivity contribution < 1.29 is 4.74 Å². The molecule has 1 N–H and O–H groups in total. The maximum atomic E-state index is 5.25. The Balaban J connectivity index is 2.30. The molecule has 1 unspecified atom stereocenters. The number of nitrogens with zero attached hydrogens (tertiary/aromatic N) is 2. The van der Waals surface area contributed by atoms with Crippen molar-refractivity contribution in [1.29, 1.82) is 0 Å². The van der Waals surface area contributed by atoms with Crippen molar-refractivity contribution in [2.24, 2.45) is 0 Å². The fourth-order valence-corrected chi connectivity index (χ4v) is 3.95. The first kappa shape index (κ1) is 15.3. The summed E-state index contributed by atoms with van der Waals surface area (Å²) in [6.45, 7) is 3.50. The topological polar surface area (TPSA) is 47.0 Å². The van der Waals surface area contributed by atoms with Crippen LogP contribution in [0.1, 0.15) is 43.0 Å². The lowest BCUT2D eigenvalue weighted by Crippen LogP contribution is -2.13. The zero-order valence-electron chi connectivity index (χ0n) is 11.4. The van der Waals surface area contributed by atoms with Gasteiger partial charge in [-0.1, -0.05) is 6.42 Å². The number of rotatable bonds is 5. The molecule has 1 aromatic rings. The van der Waals surface area contributed by atoms with E-state index in [1.165, 1.54) is 25.0 Å². The van der Waals surface area contributed by atoms with Gasteiger partial charge in [0.05, 0.1) is 21.1 Å². The van der Waals surface area contributed by atoms with E-state index in [0.29, 0.717) is 11.9 Å². The van der Waals surface area contributed by atoms with Crippen LogP contribution in [0.2, 0.25) is 0 Å². The number of hydrogen-bond donors (Lipinski definition) is 1. The first-order valence-electron chi connectivity index (χ1n) is 6.67. The molecule has 1 fully saturated rings. The third kappa shape index (κ3) is 3.95. The fraction of sp³-hybridized carbons (Fsp3) is 0.692. The molecule has 0 amide bonds. The number of aromatic nitrogens is 2. The quantitative estimate of drug-likeness (QED) is 0.775. The van der Waals surface area contributed by atoms with E-state index < -0.39 is 0 Å². The molecule has 106 valence electrons. The lowest BCUT2D eigenvalue weighted by atomic mass is 10.2. The van der Waals surface area contributed by atoms with Crippen LogP contribution in [0.25, 0.3) is 0 Å². The minimum atomic E-state index is 0.443. The number of anilines is 1. The van der Waals surface area contributed by atoms with Crippen LogP contribution >= 0.6 is 34.4 Å². The van der Waals surface area contributed by atoms with Gasteiger partial charge >= 0.3 is 0 Å². The summed E-state index contributed by atoms with van der Waals surface area (Å²) >= 11 is 4.28. The van der Waals surface area contributed by atoms with E-state index in [0.717, 1.165) is 27.5 Å². The first-order chi connectivity index (χ1) is 9.26. The number of hydrogen-bond acceptors (Lipinski definition) is 5. The van der Waals surface area contributed by atoms with E-state index in [1.54, 1.807) is 7.11 Å². The van der Waals surface area contributed by atoms with Crippen molar-refractivity contribution in [3.8, 4) is 0 Å². The fourth-order valence-electron chi connectivity index (χ4n) is 2.12. The SMILES string of the molecule is CCNc1nc(C2CCCCS2)nc(COC)c1I. The molecule has 1 atom stereocenters. The molecule has 0 spiro atoms. The number of methoxy groups -OCH3 is 1. The van der Waals surface area contributed by atoms with Gasteiger partial charge in [-0.05, 0) is 48.1 Å². The molecule has 19 heavy (non-hydrogen) atoms. The highest BCUT2D eigenvalue weighted by Crippen LogP contribution is 2.37. The molecule has 6 heteroatoms. The maximum absolute atomic E-state index is 5.25. The molecule has 0 aliphatic carbocycles. The second-order valence-electron chi connectivity index (χ2n) is 4.51. The maximum Gasteiger partial charge on any atom is 0.144 e. The zero-order valence-corrected chi connectivity index (χ0v) is 14.4. The zero-order chi connectivity index (χ0) is 13.7. The summed E-state index contributed by atoms with van der Waals surface area (Å²) in [5, 5.41) is 3.77. The van der Waals surface area contributed by atoms with Gasteiger partial charge in [0.1, 0.15) is 11.6 Å². The van der Waals surface area contributed by atoms with E-state index >= 15 is 0 Å². The van der Waals surface area contributed by atoms with Crippen molar-refractivity contribution in [2.45, 2.75) is 38.0 Å². The molecule has 1 saturated heterocycles. The minimum Gasteiger partial charge on any atom is -0.378 e. The van der Waals surface area contributed by atoms with Gasteiger partial charge in [0, 0.05) is 13.7 Å². The Bertz CT molecular complexity index is 397. The summed E-state index contributed by atoms with van der Waals surface area (Å²) in [5.41, 5.74) is 0.996. The predicted octanol–water partition coefficient (Wildman–Crippen LogP) is 3.62. The van der Waals surface area contributed by atoms with Crippen LogP contribution in [-0.2, 0) is 11.3 Å². The lowest BCUT2D eigenvalue weighted by molar-refractivity contribution is 0.180. The molecule has 1 aliphatic heterocycles. The Morgan fingerprint density at radius 2 is 2.26 bits per heavy atom. The lowest BCUT2D eigenvalue weighted by Gasteiger charge is -2.21. The molecule has 4 nitrogen and oxygen atoms in total. The summed E-state index contributed by atoms with van der Waals surface area (Å²) in [6, 6.07) is 0. The monoisotopic (exact) mass is 393 g/mol. The summed E-state index contributed by atoms with van der Waals surface area (Å²) < 4.78 is 6.33. The van der Waals surface area contributed by atoms with E-state index in [4.69, 9.17) is 14.7 Å². The number of halogens is 1. The van der Waals surface area contributed by atoms with Crippen molar-refractivity contribution in [3.05, 3.63) is 15.1 Å². The molecular weight excluding hydrogens is 373 g/mol. The number of ether oxygens (including phenoxy) is 1. The van der Waals surface area contributed by atoms with Crippen LogP contribution in [0.3, 0.4) is 0 Å². The first-order valence-corrected chi connectivity index (χ1v) is 8.79. The summed E-state index contributed by atoms with van der Waals surface area (Å²) in [6.07, 6.45) is 3.78. The average Bonchev–Trinajstić information content (AvgIpc) is 2.44. The number of nitrogens with one attached hydrogen (secondary N) is 1. The third-order valence-electron chi connectivity index (χ3n) is 3.03. The van der Waals surface area contributed by atoms with E-state index in [-0.39, 0.29) is 0 Å². The Morgan fingerprint density at radius 3 is 2.89 bits per heavy atom. The molecular formula is C13H20IN3OS. The molecule has 0 saturated carbocycles. The Hall–Kier alpha value is -0.0800. The second-order valence-corrected chi connectivity index (χ2v) is 6.90. The Kier molecular flexibility index (Phi) is 6.15. The molecule has 1 aromatic heterocycles. The molecule has 1 aliphatic rings. The summed E-state index contributed by atoms with van der Waals surface area (Å²) in [7, 11) is 1.71. The van der Waals surface area contributed by atoms with Crippen molar-refractivity contribution in [1.82, 2.24) is 9.97 Å². The highest BCUT2D eigenvalue weighted by atomic mass is 127. The van der Waals surface area contributed by atoms with Gasteiger partial charge in [-0.15, -0.1) is 0 Å². The van der Waals surface area contributed by atoms with Gasteiger partial charge in [-0.25, -0.2) is 9.97 Å². The minimum absolute atomic E-state index is 0.443. The van der Waals surface area contributed by atoms with Crippen molar-refractivity contribution in [3.63, 3.8) is 0 Å². The normalized spacial score (nSPS) is 19.4. The van der Waals surface area contributed by atoms with Gasteiger partial charge in [0.25, 0.3) is 0 Å². The van der Waals surface area contributed by atoms with E-state index in [1.807, 2.05) is 11.8 Å². The largest absolute Gasteiger partial charge is 0.378 e. The van der Waals surface area contributed by atoms with E-state index in [2.05, 4.69) is 34.8 Å². The average molecular weight is 393 g/mol. The molecule has 0 radical (unpaired) electrons. The van der Waals surface area contributed by atoms with Crippen LogP contribution in [0.4, 0.5) is 5.82 Å². The summed E-state index contributed by atoms with van der Waals surface area (Å²) in [5.74, 6) is 3.13. The van der Waals surface area contributed by atoms with Gasteiger partial charge in [-0.2, -0.15) is 11.8 Å². The van der Waals surface area contributed by atoms with Crippen LogP contribution in [-0.4, -0.2) is 29.4 Å². The standard InChI is InChI=1S/C13H20IN3OS/c1-3-15-13-11(14)9(8-18-2)16-12(17-13)10-6-4-5-7-19-10/h10H,3-8H2,1-2H3,(H,15,16,17). The van der Waals surface area contributed by atoms with Crippen molar-refractivity contribution in [2.75, 3.05) is 24.7 Å². The molecule has 0 aromatic carbocycles. The van der Waals surface area contributed by atoms with Gasteiger partial charge in [0.15, 0.2) is 0 Å². The second kappa shape index (κ2) is 7.64. The van der Waals surface area contributed by atoms with Crippen LogP contribution in [0.15, 0.2) is 0 Å². The van der Waals surface area contributed by atoms with Crippen LogP contribution < -0.4 is 5.32 Å². The van der Waals surface area contributed by atoms with Gasteiger partial charge < -0.3 is 10.1 Å². The highest BCUT2D eigenvalue weighted by Gasteiger charge is 2.21. The highest BCUT2D eigenvalue weighted by molar-refractivity contribution is 14.1. The van der Waals surface area contributed by atoms with Crippen molar-refractivity contribution >= 4 is 40.2 Å². The van der Waals surface area contributed by atoms with Gasteiger partial charge in [0.2, 0.25) is 0 Å². The van der Waals surface area contributed by atoms with Crippen LogP contribution in [0.5, 0.6) is 0 Å². The Morgan fingerprint density at radius 1 is 1.42 bits per heavy atom. The number of thioether (sulfide) groups is 1. The Labute approximate surface area is 132 Å². The molecule has 2 heterocycles. The molecule has 0 bridgehead atoms. The summed E-state index contributed by atoms with van der Waals surface area (Å²) in [4.78, 5) is 9.45. The molecule has 2 rings (SSSR count). The van der Waals surface area contributed by atoms with Gasteiger partial charge in [-0.3, -0.25) is 0 Å².